The Balaban J connectivity index is 2.35. The van der Waals surface area contributed by atoms with Gasteiger partial charge in [0.15, 0.2) is 0 Å². The van der Waals surface area contributed by atoms with Crippen molar-refractivity contribution in [2.45, 2.75) is 18.9 Å². The van der Waals surface area contributed by atoms with Crippen molar-refractivity contribution >= 4 is 11.6 Å². The largest absolute Gasteiger partial charge is 0.366 e. The predicted molar refractivity (Wildman–Crippen MR) is 102 cm³/mol. The molecule has 128 valence electrons. The monoisotopic (exact) mass is 343 g/mol. The smallest absolute Gasteiger partial charge is 0.119 e. The van der Waals surface area contributed by atoms with Gasteiger partial charge in [-0.3, -0.25) is 0 Å². The molecule has 0 fully saturated rings. The van der Waals surface area contributed by atoms with E-state index in [2.05, 4.69) is 67.4 Å². The Hall–Kier alpha value is -1.61. The Morgan fingerprint density at radius 1 is 1.00 bits per heavy atom. The van der Waals surface area contributed by atoms with E-state index >= 15 is 0 Å². The van der Waals surface area contributed by atoms with Crippen LogP contribution in [0.25, 0.3) is 0 Å². The third-order valence-electron chi connectivity index (χ3n) is 4.22. The fraction of sp³-hybridized carbons (Fsp3) is 0.333. The van der Waals surface area contributed by atoms with Gasteiger partial charge in [-0.25, -0.2) is 0 Å². The molecule has 2 nitrogen and oxygen atoms in total. The number of hydrogen-bond donors (Lipinski definition) is 0. The van der Waals surface area contributed by atoms with Crippen molar-refractivity contribution in [2.24, 2.45) is 0 Å². The van der Waals surface area contributed by atoms with Crippen molar-refractivity contribution in [1.29, 1.82) is 0 Å². The number of rotatable bonds is 9. The van der Waals surface area contributed by atoms with Crippen LogP contribution in [0.3, 0.4) is 0 Å². The Labute approximate surface area is 150 Å². The van der Waals surface area contributed by atoms with Crippen molar-refractivity contribution < 1.29 is 4.74 Å². The summed E-state index contributed by atoms with van der Waals surface area (Å²) in [6.07, 6.45) is 2.83. The minimum absolute atomic E-state index is 0.434. The van der Waals surface area contributed by atoms with Crippen molar-refractivity contribution in [2.75, 3.05) is 26.7 Å². The molecule has 0 heterocycles. The maximum atomic E-state index is 6.39. The second-order valence-electron chi connectivity index (χ2n) is 5.87. The normalized spacial score (nSPS) is 12.2. The number of likely N-dealkylation sites (N-methyl/N-ethyl adjacent to an activating group) is 1. The summed E-state index contributed by atoms with van der Waals surface area (Å²) in [6.45, 7) is 4.45. The molecule has 0 saturated carbocycles. The molecule has 0 unspecified atom stereocenters. The maximum Gasteiger partial charge on any atom is 0.119 e. The number of nitrogens with zero attached hydrogens (tertiary/aromatic N) is 1. The standard InChI is InChI=1S/C21H26ClNO/c1-3-24-21(19-11-6-4-7-12-19,20-13-8-5-9-14-20)15-18-23(2)17-10-16-22/h4-14,16H,3,15,17-18H2,1-2H3/b16-10+. The van der Waals surface area contributed by atoms with Crippen LogP contribution < -0.4 is 0 Å². The third-order valence-corrected chi connectivity index (χ3v) is 4.40. The van der Waals surface area contributed by atoms with Crippen LogP contribution in [0.4, 0.5) is 0 Å². The summed E-state index contributed by atoms with van der Waals surface area (Å²) in [4.78, 5) is 2.25. The third kappa shape index (κ3) is 4.70. The van der Waals surface area contributed by atoms with E-state index in [0.717, 1.165) is 19.5 Å². The van der Waals surface area contributed by atoms with Gasteiger partial charge in [-0.2, -0.15) is 0 Å². The van der Waals surface area contributed by atoms with Gasteiger partial charge in [-0.05, 0) is 31.5 Å². The molecule has 3 heteroatoms. The van der Waals surface area contributed by atoms with Crippen molar-refractivity contribution in [3.8, 4) is 0 Å². The van der Waals surface area contributed by atoms with Crippen molar-refractivity contribution in [3.05, 3.63) is 83.4 Å². The Bertz CT molecular complexity index is 573. The summed E-state index contributed by atoms with van der Waals surface area (Å²) in [5, 5.41) is 0. The number of ether oxygens (including phenoxy) is 1. The highest BCUT2D eigenvalue weighted by Gasteiger charge is 2.34. The van der Waals surface area contributed by atoms with E-state index in [1.165, 1.54) is 11.1 Å². The Morgan fingerprint density at radius 3 is 2.00 bits per heavy atom. The van der Waals surface area contributed by atoms with Gasteiger partial charge in [-0.15, -0.1) is 0 Å². The first kappa shape index (κ1) is 18.7. The molecule has 0 atom stereocenters. The molecule has 2 aromatic carbocycles. The molecule has 0 radical (unpaired) electrons. The maximum absolute atomic E-state index is 6.39. The molecular weight excluding hydrogens is 318 g/mol. The average Bonchev–Trinajstić information content (AvgIpc) is 2.65. The van der Waals surface area contributed by atoms with E-state index in [1.54, 1.807) is 5.54 Å². The van der Waals surface area contributed by atoms with E-state index in [0.29, 0.717) is 6.61 Å². The van der Waals surface area contributed by atoms with Crippen LogP contribution in [0.1, 0.15) is 24.5 Å². The van der Waals surface area contributed by atoms with Crippen LogP contribution in [0.2, 0.25) is 0 Å². The minimum atomic E-state index is -0.434. The van der Waals surface area contributed by atoms with Crippen molar-refractivity contribution in [1.82, 2.24) is 4.90 Å². The lowest BCUT2D eigenvalue weighted by atomic mass is 9.83. The fourth-order valence-corrected chi connectivity index (χ4v) is 3.09. The summed E-state index contributed by atoms with van der Waals surface area (Å²) >= 11 is 5.65. The average molecular weight is 344 g/mol. The van der Waals surface area contributed by atoms with E-state index in [-0.39, 0.29) is 0 Å². The SMILES string of the molecule is CCOC(CCN(C)C/C=C/Cl)(c1ccccc1)c1ccccc1. The fourth-order valence-electron chi connectivity index (χ4n) is 3.01. The summed E-state index contributed by atoms with van der Waals surface area (Å²) in [6, 6.07) is 21.0. The zero-order valence-electron chi connectivity index (χ0n) is 14.5. The first-order chi connectivity index (χ1) is 11.7. The molecule has 0 aliphatic rings. The summed E-state index contributed by atoms with van der Waals surface area (Å²) in [7, 11) is 2.10. The van der Waals surface area contributed by atoms with Crippen molar-refractivity contribution in [3.63, 3.8) is 0 Å². The lowest BCUT2D eigenvalue weighted by Crippen LogP contribution is -2.36. The van der Waals surface area contributed by atoms with Crippen LogP contribution in [-0.2, 0) is 10.3 Å². The van der Waals surface area contributed by atoms with E-state index in [4.69, 9.17) is 16.3 Å². The van der Waals surface area contributed by atoms with Crippen LogP contribution in [0.15, 0.2) is 72.3 Å². The van der Waals surface area contributed by atoms with Gasteiger partial charge in [0, 0.05) is 25.2 Å². The van der Waals surface area contributed by atoms with Crippen LogP contribution in [0.5, 0.6) is 0 Å². The van der Waals surface area contributed by atoms with Crippen LogP contribution in [0, 0.1) is 0 Å². The highest BCUT2D eigenvalue weighted by Crippen LogP contribution is 2.37. The first-order valence-corrected chi connectivity index (χ1v) is 8.85. The van der Waals surface area contributed by atoms with Crippen LogP contribution >= 0.6 is 11.6 Å². The molecule has 0 bridgehead atoms. The van der Waals surface area contributed by atoms with Gasteiger partial charge in [-0.1, -0.05) is 78.3 Å². The molecule has 2 aromatic rings. The van der Waals surface area contributed by atoms with Gasteiger partial charge in [0.05, 0.1) is 0 Å². The lowest BCUT2D eigenvalue weighted by molar-refractivity contribution is -0.0221. The zero-order chi connectivity index (χ0) is 17.3. The summed E-state index contributed by atoms with van der Waals surface area (Å²) in [5.41, 5.74) is 3.52. The molecule has 0 saturated heterocycles. The molecule has 0 amide bonds. The summed E-state index contributed by atoms with van der Waals surface area (Å²) < 4.78 is 6.39. The molecule has 0 aliphatic carbocycles. The quantitative estimate of drug-likeness (QED) is 0.632. The number of benzene rings is 2. The predicted octanol–water partition coefficient (Wildman–Crippen LogP) is 5.04. The van der Waals surface area contributed by atoms with E-state index in [9.17, 15) is 0 Å². The molecule has 0 spiro atoms. The highest BCUT2D eigenvalue weighted by molar-refractivity contribution is 6.25. The number of halogens is 1. The van der Waals surface area contributed by atoms with Gasteiger partial charge >= 0.3 is 0 Å². The lowest BCUT2D eigenvalue weighted by Gasteiger charge is -2.36. The van der Waals surface area contributed by atoms with Gasteiger partial charge in [0.1, 0.15) is 5.60 Å². The van der Waals surface area contributed by atoms with Gasteiger partial charge in [0.2, 0.25) is 0 Å². The second-order valence-corrected chi connectivity index (χ2v) is 6.12. The molecular formula is C21H26ClNO. The zero-order valence-corrected chi connectivity index (χ0v) is 15.2. The van der Waals surface area contributed by atoms with E-state index < -0.39 is 5.60 Å². The van der Waals surface area contributed by atoms with Gasteiger partial charge in [0.25, 0.3) is 0 Å². The summed E-state index contributed by atoms with van der Waals surface area (Å²) in [5.74, 6) is 0. The molecule has 24 heavy (non-hydrogen) atoms. The molecule has 0 aromatic heterocycles. The molecule has 0 aliphatic heterocycles. The van der Waals surface area contributed by atoms with Crippen LogP contribution in [-0.4, -0.2) is 31.6 Å². The minimum Gasteiger partial charge on any atom is -0.366 e. The second kappa shape index (κ2) is 9.63. The highest BCUT2D eigenvalue weighted by atomic mass is 35.5. The van der Waals surface area contributed by atoms with Gasteiger partial charge < -0.3 is 9.64 Å². The Kier molecular flexibility index (Phi) is 7.51. The molecule has 0 N–H and O–H groups in total. The number of hydrogen-bond acceptors (Lipinski definition) is 2. The van der Waals surface area contributed by atoms with E-state index in [1.807, 2.05) is 18.2 Å². The first-order valence-electron chi connectivity index (χ1n) is 8.41. The Morgan fingerprint density at radius 2 is 1.54 bits per heavy atom. The topological polar surface area (TPSA) is 12.5 Å². The molecule has 2 rings (SSSR count).